The number of methoxy groups -OCH3 is 1. The summed E-state index contributed by atoms with van der Waals surface area (Å²) in [5.41, 5.74) is 2.83. The molecule has 1 N–H and O–H groups in total. The first kappa shape index (κ1) is 16.9. The van der Waals surface area contributed by atoms with Crippen molar-refractivity contribution in [1.82, 2.24) is 5.32 Å². The standard InChI is InChI=1S/C19H23NO3/c1-13-5-10-18(14(2)11-13)19(21)20-15(3)12-23-17-8-6-16(22-4)7-9-17/h5-11,15H,12H2,1-4H3,(H,20,21). The van der Waals surface area contributed by atoms with Crippen molar-refractivity contribution >= 4 is 5.91 Å². The van der Waals surface area contributed by atoms with Crippen molar-refractivity contribution in [3.8, 4) is 11.5 Å². The number of carbonyl (C=O) groups excluding carboxylic acids is 1. The molecule has 1 atom stereocenters. The van der Waals surface area contributed by atoms with Gasteiger partial charge in [-0.3, -0.25) is 4.79 Å². The van der Waals surface area contributed by atoms with Gasteiger partial charge < -0.3 is 14.8 Å². The molecule has 4 nitrogen and oxygen atoms in total. The zero-order valence-electron chi connectivity index (χ0n) is 14.1. The van der Waals surface area contributed by atoms with E-state index in [1.807, 2.05) is 63.2 Å². The molecule has 0 spiro atoms. The molecule has 2 aromatic carbocycles. The topological polar surface area (TPSA) is 47.6 Å². The lowest BCUT2D eigenvalue weighted by Gasteiger charge is -2.16. The van der Waals surface area contributed by atoms with Gasteiger partial charge in [0.2, 0.25) is 0 Å². The van der Waals surface area contributed by atoms with Crippen molar-refractivity contribution < 1.29 is 14.3 Å². The van der Waals surface area contributed by atoms with Gasteiger partial charge in [0.15, 0.2) is 0 Å². The average Bonchev–Trinajstić information content (AvgIpc) is 2.53. The molecule has 0 aliphatic rings. The monoisotopic (exact) mass is 313 g/mol. The number of benzene rings is 2. The van der Waals surface area contributed by atoms with Gasteiger partial charge in [-0.25, -0.2) is 0 Å². The molecule has 0 saturated carbocycles. The maximum Gasteiger partial charge on any atom is 0.251 e. The molecule has 1 amide bonds. The second-order valence-electron chi connectivity index (χ2n) is 5.68. The van der Waals surface area contributed by atoms with Crippen molar-refractivity contribution in [2.45, 2.75) is 26.8 Å². The Bertz CT molecular complexity index is 665. The lowest BCUT2D eigenvalue weighted by atomic mass is 10.1. The van der Waals surface area contributed by atoms with E-state index < -0.39 is 0 Å². The summed E-state index contributed by atoms with van der Waals surface area (Å²) in [7, 11) is 1.63. The molecule has 2 aromatic rings. The van der Waals surface area contributed by atoms with E-state index in [0.717, 1.165) is 22.6 Å². The van der Waals surface area contributed by atoms with Crippen molar-refractivity contribution in [1.29, 1.82) is 0 Å². The van der Waals surface area contributed by atoms with E-state index in [1.165, 1.54) is 0 Å². The van der Waals surface area contributed by atoms with Gasteiger partial charge in [-0.2, -0.15) is 0 Å². The van der Waals surface area contributed by atoms with E-state index in [1.54, 1.807) is 7.11 Å². The Labute approximate surface area is 137 Å². The van der Waals surface area contributed by atoms with Crippen molar-refractivity contribution in [3.63, 3.8) is 0 Å². The number of hydrogen-bond donors (Lipinski definition) is 1. The first-order valence-electron chi connectivity index (χ1n) is 7.64. The number of nitrogens with one attached hydrogen (secondary N) is 1. The summed E-state index contributed by atoms with van der Waals surface area (Å²) in [4.78, 5) is 12.3. The molecule has 0 radical (unpaired) electrons. The van der Waals surface area contributed by atoms with Gasteiger partial charge in [0.05, 0.1) is 13.2 Å². The van der Waals surface area contributed by atoms with Crippen LogP contribution in [0.2, 0.25) is 0 Å². The maximum absolute atomic E-state index is 12.3. The third-order valence-electron chi connectivity index (χ3n) is 3.56. The molecular weight excluding hydrogens is 290 g/mol. The zero-order chi connectivity index (χ0) is 16.8. The van der Waals surface area contributed by atoms with Crippen LogP contribution in [-0.2, 0) is 0 Å². The largest absolute Gasteiger partial charge is 0.497 e. The molecule has 2 rings (SSSR count). The second-order valence-corrected chi connectivity index (χ2v) is 5.68. The molecule has 122 valence electrons. The Balaban J connectivity index is 1.88. The normalized spacial score (nSPS) is 11.7. The quantitative estimate of drug-likeness (QED) is 0.888. The Morgan fingerprint density at radius 2 is 1.74 bits per heavy atom. The number of hydrogen-bond acceptors (Lipinski definition) is 3. The molecule has 0 fully saturated rings. The van der Waals surface area contributed by atoms with Gasteiger partial charge in [0.25, 0.3) is 5.91 Å². The highest BCUT2D eigenvalue weighted by Gasteiger charge is 2.12. The minimum absolute atomic E-state index is 0.0756. The Morgan fingerprint density at radius 3 is 2.35 bits per heavy atom. The first-order chi connectivity index (χ1) is 11.0. The fourth-order valence-electron chi connectivity index (χ4n) is 2.30. The van der Waals surface area contributed by atoms with Crippen LogP contribution in [0.1, 0.15) is 28.4 Å². The summed E-state index contributed by atoms with van der Waals surface area (Å²) < 4.78 is 10.8. The number of amides is 1. The highest BCUT2D eigenvalue weighted by Crippen LogP contribution is 2.17. The van der Waals surface area contributed by atoms with Gasteiger partial charge >= 0.3 is 0 Å². The van der Waals surface area contributed by atoms with Crippen LogP contribution in [0, 0.1) is 13.8 Å². The summed E-state index contributed by atoms with van der Waals surface area (Å²) in [6.07, 6.45) is 0. The summed E-state index contributed by atoms with van der Waals surface area (Å²) in [6.45, 7) is 6.29. The van der Waals surface area contributed by atoms with Gasteiger partial charge in [-0.05, 0) is 56.7 Å². The van der Waals surface area contributed by atoms with Crippen LogP contribution in [0.25, 0.3) is 0 Å². The molecule has 0 aliphatic carbocycles. The SMILES string of the molecule is COc1ccc(OCC(C)NC(=O)c2ccc(C)cc2C)cc1. The second kappa shape index (κ2) is 7.68. The van der Waals surface area contributed by atoms with Crippen LogP contribution in [0.4, 0.5) is 0 Å². The number of aryl methyl sites for hydroxylation is 2. The molecule has 4 heteroatoms. The Morgan fingerprint density at radius 1 is 1.09 bits per heavy atom. The van der Waals surface area contributed by atoms with E-state index in [9.17, 15) is 4.79 Å². The molecule has 23 heavy (non-hydrogen) atoms. The molecule has 0 heterocycles. The van der Waals surface area contributed by atoms with Gasteiger partial charge in [-0.15, -0.1) is 0 Å². The van der Waals surface area contributed by atoms with Crippen molar-refractivity contribution in [2.24, 2.45) is 0 Å². The summed E-state index contributed by atoms with van der Waals surface area (Å²) in [5, 5.41) is 2.96. The fourth-order valence-corrected chi connectivity index (χ4v) is 2.30. The predicted molar refractivity (Wildman–Crippen MR) is 91.3 cm³/mol. The van der Waals surface area contributed by atoms with Crippen LogP contribution in [0.15, 0.2) is 42.5 Å². The predicted octanol–water partition coefficient (Wildman–Crippen LogP) is 3.51. The average molecular weight is 313 g/mol. The lowest BCUT2D eigenvalue weighted by molar-refractivity contribution is 0.0926. The van der Waals surface area contributed by atoms with Crippen LogP contribution >= 0.6 is 0 Å². The van der Waals surface area contributed by atoms with Crippen molar-refractivity contribution in [3.05, 3.63) is 59.2 Å². The van der Waals surface area contributed by atoms with E-state index in [-0.39, 0.29) is 11.9 Å². The third-order valence-corrected chi connectivity index (χ3v) is 3.56. The Hall–Kier alpha value is -2.49. The van der Waals surface area contributed by atoms with Crippen LogP contribution in [0.3, 0.4) is 0 Å². The molecule has 1 unspecified atom stereocenters. The first-order valence-corrected chi connectivity index (χ1v) is 7.64. The number of rotatable bonds is 6. The van der Waals surface area contributed by atoms with E-state index in [2.05, 4.69) is 5.32 Å². The number of ether oxygens (including phenoxy) is 2. The van der Waals surface area contributed by atoms with Gasteiger partial charge in [0.1, 0.15) is 18.1 Å². The minimum Gasteiger partial charge on any atom is -0.497 e. The van der Waals surface area contributed by atoms with E-state index >= 15 is 0 Å². The van der Waals surface area contributed by atoms with Crippen molar-refractivity contribution in [2.75, 3.05) is 13.7 Å². The van der Waals surface area contributed by atoms with Crippen LogP contribution in [-0.4, -0.2) is 25.7 Å². The molecule has 0 saturated heterocycles. The fraction of sp³-hybridized carbons (Fsp3) is 0.316. The van der Waals surface area contributed by atoms with Gasteiger partial charge in [0, 0.05) is 5.56 Å². The Kier molecular flexibility index (Phi) is 5.63. The number of carbonyl (C=O) groups is 1. The lowest BCUT2D eigenvalue weighted by Crippen LogP contribution is -2.37. The van der Waals surface area contributed by atoms with Gasteiger partial charge in [-0.1, -0.05) is 17.7 Å². The minimum atomic E-state index is -0.0923. The third kappa shape index (κ3) is 4.74. The highest BCUT2D eigenvalue weighted by molar-refractivity contribution is 5.95. The molecule has 0 aromatic heterocycles. The van der Waals surface area contributed by atoms with Crippen LogP contribution in [0.5, 0.6) is 11.5 Å². The highest BCUT2D eigenvalue weighted by atomic mass is 16.5. The molecule has 0 bridgehead atoms. The zero-order valence-corrected chi connectivity index (χ0v) is 14.1. The summed E-state index contributed by atoms with van der Waals surface area (Å²) >= 11 is 0. The van der Waals surface area contributed by atoms with Crippen LogP contribution < -0.4 is 14.8 Å². The summed E-state index contributed by atoms with van der Waals surface area (Å²) in [6, 6.07) is 13.1. The maximum atomic E-state index is 12.3. The smallest absolute Gasteiger partial charge is 0.251 e. The van der Waals surface area contributed by atoms with E-state index in [0.29, 0.717) is 12.2 Å². The summed E-state index contributed by atoms with van der Waals surface area (Å²) in [5.74, 6) is 1.46. The molecular formula is C19H23NO3. The van der Waals surface area contributed by atoms with E-state index in [4.69, 9.17) is 9.47 Å². The molecule has 0 aliphatic heterocycles.